The summed E-state index contributed by atoms with van der Waals surface area (Å²) >= 11 is 0. The summed E-state index contributed by atoms with van der Waals surface area (Å²) in [6.07, 6.45) is 10.5. The maximum absolute atomic E-state index is 5.59. The molecule has 0 bridgehead atoms. The second-order valence-electron chi connectivity index (χ2n) is 4.81. The molecule has 1 N–H and O–H groups in total. The van der Waals surface area contributed by atoms with Crippen LogP contribution in [0.15, 0.2) is 0 Å². The zero-order chi connectivity index (χ0) is 9.24. The first-order chi connectivity index (χ1) is 5.47. The summed E-state index contributed by atoms with van der Waals surface area (Å²) in [6.45, 7) is 6.93. The van der Waals surface area contributed by atoms with Crippen LogP contribution in [0.2, 0.25) is 19.6 Å². The van der Waals surface area contributed by atoms with Gasteiger partial charge >= 0.3 is 0 Å². The van der Waals surface area contributed by atoms with Gasteiger partial charge in [-0.3, -0.25) is 0 Å². The van der Waals surface area contributed by atoms with Gasteiger partial charge in [0.1, 0.15) is 8.24 Å². The van der Waals surface area contributed by atoms with Crippen molar-refractivity contribution in [3.8, 4) is 12.3 Å². The number of rotatable bonds is 2. The Kier molecular flexibility index (Phi) is 2.65. The number of hydrogen-bond acceptors (Lipinski definition) is 1. The van der Waals surface area contributed by atoms with Crippen molar-refractivity contribution >= 4 is 8.24 Å². The molecule has 0 atom stereocenters. The van der Waals surface area contributed by atoms with Gasteiger partial charge in [0, 0.05) is 0 Å². The third-order valence-electron chi connectivity index (χ3n) is 2.35. The molecule has 0 aromatic carbocycles. The van der Waals surface area contributed by atoms with E-state index in [1.165, 1.54) is 25.7 Å². The molecule has 0 spiro atoms. The van der Waals surface area contributed by atoms with Crippen LogP contribution in [0.25, 0.3) is 0 Å². The van der Waals surface area contributed by atoms with Crippen molar-refractivity contribution in [2.75, 3.05) is 0 Å². The predicted octanol–water partition coefficient (Wildman–Crippen LogP) is 2.36. The van der Waals surface area contributed by atoms with Crippen molar-refractivity contribution in [3.05, 3.63) is 0 Å². The molecule has 0 unspecified atom stereocenters. The molecule has 1 saturated carbocycles. The van der Waals surface area contributed by atoms with Gasteiger partial charge in [-0.15, -0.1) is 6.42 Å². The average Bonchev–Trinajstić information content (AvgIpc) is 2.34. The molecule has 1 nitrogen and oxygen atoms in total. The van der Waals surface area contributed by atoms with Gasteiger partial charge in [0.2, 0.25) is 0 Å². The summed E-state index contributed by atoms with van der Waals surface area (Å²) in [5.74, 6) is 2.96. The molecular weight excluding hydrogens is 162 g/mol. The first-order valence-corrected chi connectivity index (χ1v) is 8.25. The number of hydrogen-bond donors (Lipinski definition) is 1. The van der Waals surface area contributed by atoms with Gasteiger partial charge in [-0.25, -0.2) is 0 Å². The fourth-order valence-electron chi connectivity index (χ4n) is 2.00. The topological polar surface area (TPSA) is 12.0 Å². The highest BCUT2D eigenvalue weighted by molar-refractivity contribution is 6.73. The first-order valence-electron chi connectivity index (χ1n) is 4.75. The zero-order valence-electron chi connectivity index (χ0n) is 8.41. The standard InChI is InChI=1S/C10H19NSi/c1-5-10(8-6-7-9-10)11-12(2,3)4/h1,11H,6-9H2,2-4H3. The van der Waals surface area contributed by atoms with E-state index in [-0.39, 0.29) is 5.54 Å². The van der Waals surface area contributed by atoms with E-state index >= 15 is 0 Å². The minimum Gasteiger partial charge on any atom is -0.322 e. The maximum Gasteiger partial charge on any atom is 0.117 e. The molecule has 0 radical (unpaired) electrons. The molecule has 0 aromatic rings. The van der Waals surface area contributed by atoms with E-state index in [0.29, 0.717) is 0 Å². The summed E-state index contributed by atoms with van der Waals surface area (Å²) in [6, 6.07) is 0. The summed E-state index contributed by atoms with van der Waals surface area (Å²) < 4.78 is 0. The Balaban J connectivity index is 2.64. The van der Waals surface area contributed by atoms with E-state index in [9.17, 15) is 0 Å². The van der Waals surface area contributed by atoms with Crippen molar-refractivity contribution in [2.45, 2.75) is 50.9 Å². The lowest BCUT2D eigenvalue weighted by Crippen LogP contribution is -2.54. The average molecular weight is 181 g/mol. The molecular formula is C10H19NSi. The largest absolute Gasteiger partial charge is 0.322 e. The van der Waals surface area contributed by atoms with Crippen LogP contribution in [0.5, 0.6) is 0 Å². The number of nitrogens with one attached hydrogen (secondary N) is 1. The Morgan fingerprint density at radius 1 is 1.25 bits per heavy atom. The van der Waals surface area contributed by atoms with Gasteiger partial charge in [-0.2, -0.15) is 0 Å². The van der Waals surface area contributed by atoms with Crippen molar-refractivity contribution in [3.63, 3.8) is 0 Å². The third-order valence-corrected chi connectivity index (χ3v) is 3.58. The molecule has 0 heterocycles. The predicted molar refractivity (Wildman–Crippen MR) is 56.5 cm³/mol. The highest BCUT2D eigenvalue weighted by Crippen LogP contribution is 2.30. The van der Waals surface area contributed by atoms with Gasteiger partial charge in [0.05, 0.1) is 5.54 Å². The molecule has 1 aliphatic rings. The fraction of sp³-hybridized carbons (Fsp3) is 0.800. The first kappa shape index (κ1) is 9.82. The summed E-state index contributed by atoms with van der Waals surface area (Å²) in [4.78, 5) is 3.68. The minimum absolute atomic E-state index is 0.0600. The van der Waals surface area contributed by atoms with Crippen LogP contribution in [0.3, 0.4) is 0 Å². The maximum atomic E-state index is 5.59. The number of terminal acetylenes is 1. The molecule has 0 amide bonds. The lowest BCUT2D eigenvalue weighted by molar-refractivity contribution is 0.511. The van der Waals surface area contributed by atoms with E-state index in [1.54, 1.807) is 0 Å². The summed E-state index contributed by atoms with van der Waals surface area (Å²) in [7, 11) is -1.21. The van der Waals surface area contributed by atoms with Crippen molar-refractivity contribution in [2.24, 2.45) is 0 Å². The Bertz CT molecular complexity index is 191. The van der Waals surface area contributed by atoms with Crippen LogP contribution in [0, 0.1) is 12.3 Å². The molecule has 1 fully saturated rings. The normalized spacial score (nSPS) is 22.2. The molecule has 2 heteroatoms. The lowest BCUT2D eigenvalue weighted by atomic mass is 10.0. The quantitative estimate of drug-likeness (QED) is 0.509. The third kappa shape index (κ3) is 2.36. The van der Waals surface area contributed by atoms with Gasteiger partial charge in [0.15, 0.2) is 0 Å². The summed E-state index contributed by atoms with van der Waals surface area (Å²) in [5, 5.41) is 0. The Morgan fingerprint density at radius 2 is 1.75 bits per heavy atom. The Labute approximate surface area is 77.0 Å². The van der Waals surface area contributed by atoms with Crippen molar-refractivity contribution in [1.82, 2.24) is 4.98 Å². The second-order valence-corrected chi connectivity index (χ2v) is 9.56. The molecule has 1 rings (SSSR count). The fourth-order valence-corrected chi connectivity index (χ4v) is 3.76. The molecule has 1 aliphatic carbocycles. The minimum atomic E-state index is -1.21. The Morgan fingerprint density at radius 3 is 2.08 bits per heavy atom. The van der Waals surface area contributed by atoms with Crippen LogP contribution in [-0.4, -0.2) is 13.8 Å². The van der Waals surface area contributed by atoms with Crippen LogP contribution >= 0.6 is 0 Å². The second kappa shape index (κ2) is 3.24. The highest BCUT2D eigenvalue weighted by Gasteiger charge is 2.35. The van der Waals surface area contributed by atoms with Gasteiger partial charge in [-0.1, -0.05) is 38.4 Å². The molecule has 12 heavy (non-hydrogen) atoms. The van der Waals surface area contributed by atoms with E-state index in [2.05, 4.69) is 30.5 Å². The molecule has 0 saturated heterocycles. The van der Waals surface area contributed by atoms with Crippen molar-refractivity contribution in [1.29, 1.82) is 0 Å². The highest BCUT2D eigenvalue weighted by atomic mass is 28.3. The SMILES string of the molecule is C#CC1(N[Si](C)(C)C)CCCC1. The Hall–Kier alpha value is -0.263. The van der Waals surface area contributed by atoms with Crippen LogP contribution in [0.1, 0.15) is 25.7 Å². The summed E-state index contributed by atoms with van der Waals surface area (Å²) in [5.41, 5.74) is 0.0600. The van der Waals surface area contributed by atoms with Crippen LogP contribution in [0.4, 0.5) is 0 Å². The van der Waals surface area contributed by atoms with E-state index in [0.717, 1.165) is 0 Å². The van der Waals surface area contributed by atoms with Gasteiger partial charge in [0.25, 0.3) is 0 Å². The lowest BCUT2D eigenvalue weighted by Gasteiger charge is -2.32. The van der Waals surface area contributed by atoms with Gasteiger partial charge < -0.3 is 4.98 Å². The molecule has 0 aliphatic heterocycles. The van der Waals surface area contributed by atoms with E-state index < -0.39 is 8.24 Å². The van der Waals surface area contributed by atoms with E-state index in [1.807, 2.05) is 0 Å². The zero-order valence-corrected chi connectivity index (χ0v) is 9.41. The van der Waals surface area contributed by atoms with E-state index in [4.69, 9.17) is 6.42 Å². The van der Waals surface area contributed by atoms with Crippen LogP contribution < -0.4 is 4.98 Å². The molecule has 0 aromatic heterocycles. The van der Waals surface area contributed by atoms with Crippen LogP contribution in [-0.2, 0) is 0 Å². The monoisotopic (exact) mass is 181 g/mol. The molecule has 68 valence electrons. The van der Waals surface area contributed by atoms with Gasteiger partial charge in [-0.05, 0) is 12.8 Å². The smallest absolute Gasteiger partial charge is 0.117 e. The van der Waals surface area contributed by atoms with Crippen molar-refractivity contribution < 1.29 is 0 Å².